The first-order valence-electron chi connectivity index (χ1n) is 11.7. The van der Waals surface area contributed by atoms with E-state index in [9.17, 15) is 18.8 Å². The lowest BCUT2D eigenvalue weighted by atomic mass is 10.1. The third kappa shape index (κ3) is 6.62. The number of imide groups is 1. The Morgan fingerprint density at radius 3 is 2.55 bits per heavy atom. The number of halogens is 2. The number of carbonyl (C=O) groups is 3. The fourth-order valence-corrected chi connectivity index (χ4v) is 5.11. The summed E-state index contributed by atoms with van der Waals surface area (Å²) in [7, 11) is 1.48. The molecule has 0 bridgehead atoms. The molecule has 0 aromatic heterocycles. The minimum Gasteiger partial charge on any atom is -0.493 e. The number of hydrogen-bond acceptors (Lipinski definition) is 6. The lowest BCUT2D eigenvalue weighted by molar-refractivity contribution is -0.127. The van der Waals surface area contributed by atoms with Crippen molar-refractivity contribution in [3.63, 3.8) is 0 Å². The number of nitrogens with zero attached hydrogens (tertiary/aromatic N) is 1. The minimum absolute atomic E-state index is 0.121. The first-order valence-corrected chi connectivity index (χ1v) is 13.3. The van der Waals surface area contributed by atoms with Crippen LogP contribution in [-0.2, 0) is 22.6 Å². The van der Waals surface area contributed by atoms with Crippen LogP contribution in [-0.4, -0.2) is 35.6 Å². The highest BCUT2D eigenvalue weighted by Gasteiger charge is 2.36. The highest BCUT2D eigenvalue weighted by molar-refractivity contribution is 9.10. The molecule has 1 fully saturated rings. The molecule has 0 atom stereocenters. The van der Waals surface area contributed by atoms with E-state index in [1.807, 2.05) is 19.1 Å². The number of benzene rings is 3. The maximum absolute atomic E-state index is 13.5. The molecule has 3 aromatic carbocycles. The Kier molecular flexibility index (Phi) is 8.85. The molecule has 1 aliphatic heterocycles. The number of methoxy groups -OCH3 is 1. The van der Waals surface area contributed by atoms with Gasteiger partial charge in [-0.2, -0.15) is 0 Å². The van der Waals surface area contributed by atoms with Gasteiger partial charge >= 0.3 is 0 Å². The SMILES string of the molecule is CCc1ccc(NC(=O)CN2C(=O)S/C(=C/c3cc(Br)c(OCc4cccc(F)c4)c(OC)c3)C2=O)cc1. The summed E-state index contributed by atoms with van der Waals surface area (Å²) in [6.45, 7) is 1.76. The van der Waals surface area contributed by atoms with Gasteiger partial charge in [-0.25, -0.2) is 4.39 Å². The predicted molar refractivity (Wildman–Crippen MR) is 149 cm³/mol. The minimum atomic E-state index is -0.557. The summed E-state index contributed by atoms with van der Waals surface area (Å²) in [4.78, 5) is 39.0. The Balaban J connectivity index is 1.45. The molecular weight excluding hydrogens is 575 g/mol. The van der Waals surface area contributed by atoms with E-state index >= 15 is 0 Å². The number of amides is 3. The van der Waals surface area contributed by atoms with Gasteiger partial charge in [0.2, 0.25) is 5.91 Å². The first-order chi connectivity index (χ1) is 18.3. The topological polar surface area (TPSA) is 84.9 Å². The molecule has 1 aliphatic rings. The van der Waals surface area contributed by atoms with Gasteiger partial charge in [-0.05, 0) is 93.3 Å². The van der Waals surface area contributed by atoms with Gasteiger partial charge < -0.3 is 14.8 Å². The average Bonchev–Trinajstić information content (AvgIpc) is 3.15. The molecule has 0 unspecified atom stereocenters. The zero-order valence-corrected chi connectivity index (χ0v) is 23.0. The number of aryl methyl sites for hydroxylation is 1. The van der Waals surface area contributed by atoms with Gasteiger partial charge in [-0.3, -0.25) is 19.3 Å². The molecule has 1 saturated heterocycles. The second-order valence-corrected chi connectivity index (χ2v) is 10.2. The average molecular weight is 599 g/mol. The molecule has 0 aliphatic carbocycles. The number of thioether (sulfide) groups is 1. The summed E-state index contributed by atoms with van der Waals surface area (Å²) in [6, 6.07) is 16.8. The van der Waals surface area contributed by atoms with Crippen molar-refractivity contribution in [2.24, 2.45) is 0 Å². The van der Waals surface area contributed by atoms with E-state index in [2.05, 4.69) is 21.2 Å². The summed E-state index contributed by atoms with van der Waals surface area (Å²) < 4.78 is 25.3. The van der Waals surface area contributed by atoms with Gasteiger partial charge in [-0.1, -0.05) is 31.2 Å². The van der Waals surface area contributed by atoms with Crippen LogP contribution in [0.15, 0.2) is 70.0 Å². The third-order valence-electron chi connectivity index (χ3n) is 5.64. The molecule has 7 nitrogen and oxygen atoms in total. The standard InChI is InChI=1S/C28H24BrFN2O5S/c1-3-17-7-9-21(10-8-17)31-25(33)15-32-27(34)24(38-28(32)35)14-19-12-22(29)26(23(13-19)36-2)37-16-18-5-4-6-20(30)11-18/h4-14H,3,15-16H2,1-2H3,(H,31,33)/b24-14+. The van der Waals surface area contributed by atoms with Crippen molar-refractivity contribution in [2.45, 2.75) is 20.0 Å². The molecule has 38 heavy (non-hydrogen) atoms. The number of rotatable bonds is 9. The summed E-state index contributed by atoms with van der Waals surface area (Å²) in [5.41, 5.74) is 2.96. The smallest absolute Gasteiger partial charge is 0.294 e. The van der Waals surface area contributed by atoms with Gasteiger partial charge in [0.1, 0.15) is 19.0 Å². The monoisotopic (exact) mass is 598 g/mol. The van der Waals surface area contributed by atoms with Crippen molar-refractivity contribution >= 4 is 56.5 Å². The fraction of sp³-hybridized carbons (Fsp3) is 0.179. The molecule has 10 heteroatoms. The van der Waals surface area contributed by atoms with Crippen LogP contribution in [0.2, 0.25) is 0 Å². The van der Waals surface area contributed by atoms with Gasteiger partial charge in [0, 0.05) is 5.69 Å². The Hall–Kier alpha value is -3.63. The molecule has 196 valence electrons. The molecular formula is C28H24BrFN2O5S. The van der Waals surface area contributed by atoms with E-state index in [1.165, 1.54) is 19.2 Å². The van der Waals surface area contributed by atoms with Crippen molar-refractivity contribution in [2.75, 3.05) is 19.0 Å². The van der Waals surface area contributed by atoms with Crippen LogP contribution < -0.4 is 14.8 Å². The lowest BCUT2D eigenvalue weighted by Gasteiger charge is -2.14. The zero-order valence-electron chi connectivity index (χ0n) is 20.6. The van der Waals surface area contributed by atoms with Crippen molar-refractivity contribution in [3.05, 3.63) is 92.5 Å². The van der Waals surface area contributed by atoms with Crippen LogP contribution >= 0.6 is 27.7 Å². The summed E-state index contributed by atoms with van der Waals surface area (Å²) in [5.74, 6) is -0.593. The van der Waals surface area contributed by atoms with Crippen LogP contribution in [0.4, 0.5) is 14.9 Å². The molecule has 1 heterocycles. The van der Waals surface area contributed by atoms with Crippen LogP contribution in [0.5, 0.6) is 11.5 Å². The van der Waals surface area contributed by atoms with Crippen molar-refractivity contribution in [3.8, 4) is 11.5 Å². The molecule has 1 N–H and O–H groups in total. The van der Waals surface area contributed by atoms with E-state index < -0.39 is 23.6 Å². The summed E-state index contributed by atoms with van der Waals surface area (Å²) in [6.07, 6.45) is 2.43. The van der Waals surface area contributed by atoms with E-state index in [0.717, 1.165) is 28.6 Å². The highest BCUT2D eigenvalue weighted by atomic mass is 79.9. The van der Waals surface area contributed by atoms with Crippen molar-refractivity contribution < 1.29 is 28.2 Å². The van der Waals surface area contributed by atoms with Gasteiger partial charge in [0.05, 0.1) is 16.5 Å². The quantitative estimate of drug-likeness (QED) is 0.286. The van der Waals surface area contributed by atoms with Gasteiger partial charge in [0.15, 0.2) is 11.5 Å². The number of anilines is 1. The maximum Gasteiger partial charge on any atom is 0.294 e. The lowest BCUT2D eigenvalue weighted by Crippen LogP contribution is -2.36. The fourth-order valence-electron chi connectivity index (χ4n) is 3.70. The van der Waals surface area contributed by atoms with E-state index in [4.69, 9.17) is 9.47 Å². The predicted octanol–water partition coefficient (Wildman–Crippen LogP) is 6.41. The van der Waals surface area contributed by atoms with Crippen LogP contribution in [0.25, 0.3) is 6.08 Å². The van der Waals surface area contributed by atoms with Gasteiger partial charge in [0.25, 0.3) is 11.1 Å². The zero-order chi connectivity index (χ0) is 27.2. The maximum atomic E-state index is 13.5. The van der Waals surface area contributed by atoms with Crippen LogP contribution in [0.3, 0.4) is 0 Å². The van der Waals surface area contributed by atoms with Crippen LogP contribution in [0, 0.1) is 5.82 Å². The van der Waals surface area contributed by atoms with Gasteiger partial charge in [-0.15, -0.1) is 0 Å². The Labute approximate surface area is 232 Å². The molecule has 3 aromatic rings. The molecule has 0 radical (unpaired) electrons. The van der Waals surface area contributed by atoms with E-state index in [-0.39, 0.29) is 17.3 Å². The van der Waals surface area contributed by atoms with E-state index in [1.54, 1.807) is 42.5 Å². The number of nitrogens with one attached hydrogen (secondary N) is 1. The number of carbonyl (C=O) groups excluding carboxylic acids is 3. The Morgan fingerprint density at radius 1 is 1.11 bits per heavy atom. The van der Waals surface area contributed by atoms with Crippen LogP contribution in [0.1, 0.15) is 23.6 Å². The Bertz CT molecular complexity index is 1410. The third-order valence-corrected chi connectivity index (χ3v) is 7.14. The first kappa shape index (κ1) is 27.4. The molecule has 4 rings (SSSR count). The van der Waals surface area contributed by atoms with Crippen molar-refractivity contribution in [1.29, 1.82) is 0 Å². The normalized spacial score (nSPS) is 14.2. The highest BCUT2D eigenvalue weighted by Crippen LogP contribution is 2.39. The second-order valence-electron chi connectivity index (χ2n) is 8.32. The number of hydrogen-bond donors (Lipinski definition) is 1. The summed E-state index contributed by atoms with van der Waals surface area (Å²) in [5, 5.41) is 2.18. The summed E-state index contributed by atoms with van der Waals surface area (Å²) >= 11 is 4.22. The van der Waals surface area contributed by atoms with E-state index in [0.29, 0.717) is 32.8 Å². The molecule has 3 amide bonds. The Morgan fingerprint density at radius 2 is 1.87 bits per heavy atom. The molecule has 0 spiro atoms. The molecule has 0 saturated carbocycles. The number of ether oxygens (including phenoxy) is 2. The largest absolute Gasteiger partial charge is 0.493 e. The second kappa shape index (κ2) is 12.3. The van der Waals surface area contributed by atoms with Crippen molar-refractivity contribution in [1.82, 2.24) is 4.90 Å².